The highest BCUT2D eigenvalue weighted by Crippen LogP contribution is 2.32. The number of aliphatic hydroxyl groups is 1. The molecule has 1 aliphatic heterocycles. The number of aliphatic hydroxyl groups excluding tert-OH is 1. The van der Waals surface area contributed by atoms with Crippen molar-refractivity contribution in [1.82, 2.24) is 10.2 Å². The lowest BCUT2D eigenvalue weighted by Crippen LogP contribution is -2.45. The predicted molar refractivity (Wildman–Crippen MR) is 90.7 cm³/mol. The van der Waals surface area contributed by atoms with Crippen LogP contribution in [0.3, 0.4) is 0 Å². The molecular weight excluding hydrogens is 276 g/mol. The van der Waals surface area contributed by atoms with Crippen LogP contribution in [0.25, 0.3) is 0 Å². The van der Waals surface area contributed by atoms with E-state index in [4.69, 9.17) is 4.74 Å². The molecule has 22 heavy (non-hydrogen) atoms. The summed E-state index contributed by atoms with van der Waals surface area (Å²) in [5.74, 6) is 0.933. The van der Waals surface area contributed by atoms with Crippen LogP contribution in [0.15, 0.2) is 6.07 Å². The van der Waals surface area contributed by atoms with E-state index in [1.807, 2.05) is 13.8 Å². The normalized spacial score (nSPS) is 17.8. The molecule has 1 atom stereocenters. The molecule has 1 fully saturated rings. The van der Waals surface area contributed by atoms with Crippen LogP contribution in [0, 0.1) is 20.8 Å². The number of β-amino-alcohol motifs (C(OH)–C–C–N with tert-alkyl or cyclic N) is 1. The van der Waals surface area contributed by atoms with E-state index in [2.05, 4.69) is 37.1 Å². The van der Waals surface area contributed by atoms with Gasteiger partial charge in [-0.3, -0.25) is 4.90 Å². The van der Waals surface area contributed by atoms with Crippen molar-refractivity contribution in [2.75, 3.05) is 32.7 Å². The molecule has 0 spiro atoms. The van der Waals surface area contributed by atoms with Gasteiger partial charge >= 0.3 is 0 Å². The first-order chi connectivity index (χ1) is 10.4. The van der Waals surface area contributed by atoms with Crippen LogP contribution in [0.2, 0.25) is 0 Å². The molecular formula is C18H30N2O2. The quantitative estimate of drug-likeness (QED) is 0.876. The number of rotatable bonds is 5. The summed E-state index contributed by atoms with van der Waals surface area (Å²) in [6.07, 6.45) is -0.279. The van der Waals surface area contributed by atoms with E-state index in [0.717, 1.165) is 54.2 Å². The molecule has 2 N–H and O–H groups in total. The third-order valence-corrected chi connectivity index (χ3v) is 4.45. The molecule has 4 nitrogen and oxygen atoms in total. The molecule has 0 radical (unpaired) electrons. The van der Waals surface area contributed by atoms with E-state index in [9.17, 15) is 5.11 Å². The van der Waals surface area contributed by atoms with E-state index in [-0.39, 0.29) is 6.10 Å². The topological polar surface area (TPSA) is 44.7 Å². The average Bonchev–Trinajstić information content (AvgIpc) is 2.45. The van der Waals surface area contributed by atoms with Gasteiger partial charge in [0.25, 0.3) is 0 Å². The molecule has 1 unspecified atom stereocenters. The van der Waals surface area contributed by atoms with Crippen molar-refractivity contribution in [3.05, 3.63) is 28.3 Å². The molecule has 1 saturated heterocycles. The largest absolute Gasteiger partial charge is 0.491 e. The number of aryl methyl sites for hydroxylation is 1. The second kappa shape index (κ2) is 7.44. The van der Waals surface area contributed by atoms with E-state index in [1.165, 1.54) is 0 Å². The zero-order valence-corrected chi connectivity index (χ0v) is 14.6. The van der Waals surface area contributed by atoms with Crippen molar-refractivity contribution in [3.63, 3.8) is 0 Å². The molecule has 0 aromatic heterocycles. The molecule has 0 saturated carbocycles. The lowest BCUT2D eigenvalue weighted by molar-refractivity contribution is 0.104. The number of nitrogens with zero attached hydrogens (tertiary/aromatic N) is 1. The Morgan fingerprint density at radius 3 is 2.41 bits per heavy atom. The van der Waals surface area contributed by atoms with Gasteiger partial charge in [-0.15, -0.1) is 0 Å². The summed E-state index contributed by atoms with van der Waals surface area (Å²) in [6, 6.07) is 2.07. The maximum Gasteiger partial charge on any atom is 0.123 e. The number of piperazine rings is 1. The highest BCUT2D eigenvalue weighted by Gasteiger charge is 2.21. The fraction of sp³-hybridized carbons (Fsp3) is 0.667. The lowest BCUT2D eigenvalue weighted by Gasteiger charge is -2.30. The monoisotopic (exact) mass is 306 g/mol. The van der Waals surface area contributed by atoms with Gasteiger partial charge in [0.05, 0.1) is 12.2 Å². The van der Waals surface area contributed by atoms with Gasteiger partial charge in [-0.25, -0.2) is 0 Å². The van der Waals surface area contributed by atoms with Crippen LogP contribution in [0.5, 0.6) is 5.75 Å². The highest BCUT2D eigenvalue weighted by atomic mass is 16.5. The molecule has 124 valence electrons. The minimum atomic E-state index is -0.440. The van der Waals surface area contributed by atoms with E-state index in [0.29, 0.717) is 6.54 Å². The van der Waals surface area contributed by atoms with Crippen molar-refractivity contribution < 1.29 is 9.84 Å². The minimum absolute atomic E-state index is 0.161. The van der Waals surface area contributed by atoms with Crippen LogP contribution in [0.1, 0.15) is 42.2 Å². The van der Waals surface area contributed by atoms with Gasteiger partial charge in [-0.1, -0.05) is 0 Å². The smallest absolute Gasteiger partial charge is 0.123 e. The summed E-state index contributed by atoms with van der Waals surface area (Å²) in [4.78, 5) is 2.33. The first-order valence-corrected chi connectivity index (χ1v) is 8.28. The van der Waals surface area contributed by atoms with Crippen molar-refractivity contribution in [1.29, 1.82) is 0 Å². The lowest BCUT2D eigenvalue weighted by atomic mass is 9.93. The first kappa shape index (κ1) is 17.3. The first-order valence-electron chi connectivity index (χ1n) is 8.28. The zero-order valence-electron chi connectivity index (χ0n) is 14.6. The molecule has 0 amide bonds. The number of benzene rings is 1. The zero-order chi connectivity index (χ0) is 16.3. The average molecular weight is 306 g/mol. The van der Waals surface area contributed by atoms with Crippen molar-refractivity contribution in [3.8, 4) is 5.75 Å². The number of nitrogens with one attached hydrogen (secondary N) is 1. The summed E-state index contributed by atoms with van der Waals surface area (Å²) in [7, 11) is 0. The number of hydrogen-bond acceptors (Lipinski definition) is 4. The van der Waals surface area contributed by atoms with E-state index in [1.54, 1.807) is 0 Å². The fourth-order valence-electron chi connectivity index (χ4n) is 3.18. The van der Waals surface area contributed by atoms with E-state index >= 15 is 0 Å². The van der Waals surface area contributed by atoms with Gasteiger partial charge < -0.3 is 15.2 Å². The third-order valence-electron chi connectivity index (χ3n) is 4.45. The molecule has 2 rings (SSSR count). The summed E-state index contributed by atoms with van der Waals surface area (Å²) >= 11 is 0. The van der Waals surface area contributed by atoms with Crippen LogP contribution in [-0.4, -0.2) is 48.8 Å². The SMILES string of the molecule is Cc1cc(OC(C)C)c(C)c(C)c1C(O)CN1CCNCC1. The minimum Gasteiger partial charge on any atom is -0.491 e. The van der Waals surface area contributed by atoms with Crippen LogP contribution < -0.4 is 10.1 Å². The van der Waals surface area contributed by atoms with Gasteiger partial charge in [-0.05, 0) is 62.9 Å². The third kappa shape index (κ3) is 4.00. The molecule has 0 aliphatic carbocycles. The summed E-state index contributed by atoms with van der Waals surface area (Å²) in [5, 5.41) is 14.1. The summed E-state index contributed by atoms with van der Waals surface area (Å²) < 4.78 is 5.89. The number of ether oxygens (including phenoxy) is 1. The van der Waals surface area contributed by atoms with Crippen molar-refractivity contribution in [2.45, 2.75) is 46.8 Å². The van der Waals surface area contributed by atoms with Gasteiger partial charge in [0, 0.05) is 32.7 Å². The van der Waals surface area contributed by atoms with Crippen molar-refractivity contribution >= 4 is 0 Å². The molecule has 4 heteroatoms. The fourth-order valence-corrected chi connectivity index (χ4v) is 3.18. The highest BCUT2D eigenvalue weighted by molar-refractivity contribution is 5.49. The Morgan fingerprint density at radius 2 is 1.82 bits per heavy atom. The maximum absolute atomic E-state index is 10.7. The predicted octanol–water partition coefficient (Wildman–Crippen LogP) is 2.34. The number of hydrogen-bond donors (Lipinski definition) is 2. The Labute approximate surface area is 134 Å². The summed E-state index contributed by atoms with van der Waals surface area (Å²) in [6.45, 7) is 15.0. The van der Waals surface area contributed by atoms with Crippen LogP contribution in [0.4, 0.5) is 0 Å². The second-order valence-electron chi connectivity index (χ2n) is 6.59. The standard InChI is InChI=1S/C18H30N2O2/c1-12(2)22-17-10-13(3)18(15(5)14(17)4)16(21)11-20-8-6-19-7-9-20/h10,12,16,19,21H,6-9,11H2,1-5H3. The Hall–Kier alpha value is -1.10. The Morgan fingerprint density at radius 1 is 1.18 bits per heavy atom. The molecule has 1 aliphatic rings. The summed E-state index contributed by atoms with van der Waals surface area (Å²) in [5.41, 5.74) is 4.46. The molecule has 0 bridgehead atoms. The molecule has 1 aromatic carbocycles. The van der Waals surface area contributed by atoms with Gasteiger partial charge in [-0.2, -0.15) is 0 Å². The second-order valence-corrected chi connectivity index (χ2v) is 6.59. The maximum atomic E-state index is 10.7. The van der Waals surface area contributed by atoms with E-state index < -0.39 is 6.10 Å². The Balaban J connectivity index is 2.20. The Bertz CT molecular complexity index is 508. The van der Waals surface area contributed by atoms with Gasteiger partial charge in [0.1, 0.15) is 5.75 Å². The van der Waals surface area contributed by atoms with Gasteiger partial charge in [0.15, 0.2) is 0 Å². The molecule has 1 aromatic rings. The van der Waals surface area contributed by atoms with Crippen LogP contribution in [-0.2, 0) is 0 Å². The molecule has 1 heterocycles. The Kier molecular flexibility index (Phi) is 5.84. The van der Waals surface area contributed by atoms with Gasteiger partial charge in [0.2, 0.25) is 0 Å². The van der Waals surface area contributed by atoms with Crippen LogP contribution >= 0.6 is 0 Å². The van der Waals surface area contributed by atoms with Crippen molar-refractivity contribution in [2.24, 2.45) is 0 Å².